The molecule has 98 valence electrons. The monoisotopic (exact) mass is 259 g/mol. The maximum Gasteiger partial charge on any atom is 0.416 e. The lowest BCUT2D eigenvalue weighted by Crippen LogP contribution is -2.32. The van der Waals surface area contributed by atoms with Crippen molar-refractivity contribution in [2.45, 2.75) is 25.6 Å². The first-order valence-electron chi connectivity index (χ1n) is 5.56. The maximum absolute atomic E-state index is 12.4. The second-order valence-corrected chi connectivity index (χ2v) is 4.05. The Morgan fingerprint density at radius 1 is 1.33 bits per heavy atom. The van der Waals surface area contributed by atoms with Crippen LogP contribution in [0.5, 0.6) is 0 Å². The van der Waals surface area contributed by atoms with E-state index >= 15 is 0 Å². The summed E-state index contributed by atoms with van der Waals surface area (Å²) in [5.74, 6) is 0. The summed E-state index contributed by atoms with van der Waals surface area (Å²) in [5, 5.41) is 0. The molecule has 1 atom stereocenters. The highest BCUT2D eigenvalue weighted by Gasteiger charge is 2.34. The van der Waals surface area contributed by atoms with E-state index in [-0.39, 0.29) is 12.6 Å². The van der Waals surface area contributed by atoms with Crippen molar-refractivity contribution in [3.8, 4) is 0 Å². The normalized spacial score (nSPS) is 20.1. The number of amides is 1. The summed E-state index contributed by atoms with van der Waals surface area (Å²) in [5.41, 5.74) is -0.302. The molecule has 0 spiro atoms. The molecule has 0 unspecified atom stereocenters. The van der Waals surface area contributed by atoms with Crippen molar-refractivity contribution >= 4 is 11.8 Å². The Morgan fingerprint density at radius 2 is 1.94 bits per heavy atom. The van der Waals surface area contributed by atoms with Gasteiger partial charge in [-0.1, -0.05) is 6.92 Å². The van der Waals surface area contributed by atoms with E-state index in [2.05, 4.69) is 0 Å². The van der Waals surface area contributed by atoms with E-state index in [0.29, 0.717) is 12.1 Å². The Labute approximate surface area is 102 Å². The molecule has 1 aliphatic heterocycles. The lowest BCUT2D eigenvalue weighted by Gasteiger charge is -2.20. The predicted octanol–water partition coefficient (Wildman–Crippen LogP) is 3.44. The molecule has 0 N–H and O–H groups in total. The molecule has 1 amide bonds. The molecule has 1 fully saturated rings. The van der Waals surface area contributed by atoms with Gasteiger partial charge in [-0.15, -0.1) is 0 Å². The van der Waals surface area contributed by atoms with Crippen molar-refractivity contribution in [3.63, 3.8) is 0 Å². The van der Waals surface area contributed by atoms with Crippen LogP contribution in [0.4, 0.5) is 23.7 Å². The zero-order valence-corrected chi connectivity index (χ0v) is 9.70. The molecule has 3 nitrogen and oxygen atoms in total. The Hall–Kier alpha value is -1.72. The molecule has 2 rings (SSSR count). The fourth-order valence-corrected chi connectivity index (χ4v) is 1.89. The van der Waals surface area contributed by atoms with E-state index in [1.807, 2.05) is 6.92 Å². The molecule has 18 heavy (non-hydrogen) atoms. The van der Waals surface area contributed by atoms with Crippen LogP contribution in [0.25, 0.3) is 0 Å². The highest BCUT2D eigenvalue weighted by atomic mass is 19.4. The Kier molecular flexibility index (Phi) is 3.19. The number of hydrogen-bond donors (Lipinski definition) is 0. The van der Waals surface area contributed by atoms with Crippen LogP contribution in [-0.4, -0.2) is 18.7 Å². The number of ether oxygens (including phenoxy) is 1. The van der Waals surface area contributed by atoms with Gasteiger partial charge in [0.25, 0.3) is 0 Å². The van der Waals surface area contributed by atoms with Crippen molar-refractivity contribution in [3.05, 3.63) is 29.8 Å². The van der Waals surface area contributed by atoms with Crippen LogP contribution >= 0.6 is 0 Å². The summed E-state index contributed by atoms with van der Waals surface area (Å²) in [6, 6.07) is 4.39. The molecular weight excluding hydrogens is 247 g/mol. The molecule has 0 aliphatic carbocycles. The van der Waals surface area contributed by atoms with Crippen LogP contribution in [-0.2, 0) is 10.9 Å². The van der Waals surface area contributed by atoms with E-state index < -0.39 is 17.8 Å². The predicted molar refractivity (Wildman–Crippen MR) is 59.4 cm³/mol. The summed E-state index contributed by atoms with van der Waals surface area (Å²) in [6.07, 6.45) is -4.19. The van der Waals surface area contributed by atoms with Crippen LogP contribution in [0, 0.1) is 0 Å². The molecular formula is C12H12F3NO2. The standard InChI is InChI=1S/C12H12F3NO2/c1-2-9-7-18-11(17)16(9)10-5-3-8(4-6-10)12(13,14)15/h3-6,9H,2,7H2,1H3/t9-/m1/s1. The lowest BCUT2D eigenvalue weighted by molar-refractivity contribution is -0.137. The van der Waals surface area contributed by atoms with Crippen molar-refractivity contribution in [2.75, 3.05) is 11.5 Å². The zero-order valence-electron chi connectivity index (χ0n) is 9.70. The molecule has 1 aliphatic rings. The summed E-state index contributed by atoms with van der Waals surface area (Å²) in [4.78, 5) is 12.9. The first-order chi connectivity index (χ1) is 8.43. The van der Waals surface area contributed by atoms with Crippen molar-refractivity contribution < 1.29 is 22.7 Å². The fourth-order valence-electron chi connectivity index (χ4n) is 1.89. The zero-order chi connectivity index (χ0) is 13.3. The van der Waals surface area contributed by atoms with Crippen LogP contribution < -0.4 is 4.90 Å². The number of rotatable bonds is 2. The van der Waals surface area contributed by atoms with Crippen LogP contribution in [0.15, 0.2) is 24.3 Å². The lowest BCUT2D eigenvalue weighted by atomic mass is 10.1. The number of carbonyl (C=O) groups is 1. The molecule has 1 aromatic rings. The van der Waals surface area contributed by atoms with Crippen molar-refractivity contribution in [1.82, 2.24) is 0 Å². The molecule has 0 radical (unpaired) electrons. The number of nitrogens with zero attached hydrogens (tertiary/aromatic N) is 1. The Bertz CT molecular complexity index is 442. The first-order valence-corrected chi connectivity index (χ1v) is 5.56. The van der Waals surface area contributed by atoms with Gasteiger partial charge < -0.3 is 4.74 Å². The number of alkyl halides is 3. The molecule has 0 saturated carbocycles. The minimum absolute atomic E-state index is 0.116. The molecule has 1 heterocycles. The van der Waals surface area contributed by atoms with Crippen LogP contribution in [0.2, 0.25) is 0 Å². The number of hydrogen-bond acceptors (Lipinski definition) is 2. The quantitative estimate of drug-likeness (QED) is 0.814. The van der Waals surface area contributed by atoms with Gasteiger partial charge in [-0.3, -0.25) is 4.90 Å². The van der Waals surface area contributed by atoms with Gasteiger partial charge in [0.1, 0.15) is 6.61 Å². The number of halogens is 3. The Morgan fingerprint density at radius 3 is 2.44 bits per heavy atom. The third-order valence-electron chi connectivity index (χ3n) is 2.91. The topological polar surface area (TPSA) is 29.5 Å². The van der Waals surface area contributed by atoms with Crippen molar-refractivity contribution in [1.29, 1.82) is 0 Å². The van der Waals surface area contributed by atoms with Gasteiger partial charge in [-0.05, 0) is 30.7 Å². The third-order valence-corrected chi connectivity index (χ3v) is 2.91. The first kappa shape index (κ1) is 12.7. The van der Waals surface area contributed by atoms with E-state index in [4.69, 9.17) is 4.74 Å². The summed E-state index contributed by atoms with van der Waals surface area (Å²) in [7, 11) is 0. The van der Waals surface area contributed by atoms with Gasteiger partial charge in [-0.25, -0.2) is 4.79 Å². The second kappa shape index (κ2) is 4.51. The largest absolute Gasteiger partial charge is 0.447 e. The average molecular weight is 259 g/mol. The average Bonchev–Trinajstić information content (AvgIpc) is 2.69. The molecule has 1 aromatic carbocycles. The number of benzene rings is 1. The fraction of sp³-hybridized carbons (Fsp3) is 0.417. The van der Waals surface area contributed by atoms with E-state index in [0.717, 1.165) is 12.1 Å². The highest BCUT2D eigenvalue weighted by molar-refractivity contribution is 5.90. The second-order valence-electron chi connectivity index (χ2n) is 4.05. The number of carbonyl (C=O) groups excluding carboxylic acids is 1. The smallest absolute Gasteiger partial charge is 0.416 e. The van der Waals surface area contributed by atoms with E-state index in [9.17, 15) is 18.0 Å². The van der Waals surface area contributed by atoms with Gasteiger partial charge in [0.2, 0.25) is 0 Å². The number of anilines is 1. The maximum atomic E-state index is 12.4. The Balaban J connectivity index is 2.26. The SMILES string of the molecule is CC[C@@H]1COC(=O)N1c1ccc(C(F)(F)F)cc1. The minimum atomic E-state index is -4.37. The summed E-state index contributed by atoms with van der Waals surface area (Å²) in [6.45, 7) is 2.17. The minimum Gasteiger partial charge on any atom is -0.447 e. The molecule has 1 saturated heterocycles. The number of cyclic esters (lactones) is 1. The third kappa shape index (κ3) is 2.27. The van der Waals surface area contributed by atoms with Crippen LogP contribution in [0.3, 0.4) is 0 Å². The molecule has 0 bridgehead atoms. The van der Waals surface area contributed by atoms with Gasteiger partial charge in [0, 0.05) is 5.69 Å². The van der Waals surface area contributed by atoms with Gasteiger partial charge >= 0.3 is 12.3 Å². The van der Waals surface area contributed by atoms with Gasteiger partial charge in [0.05, 0.1) is 11.6 Å². The summed E-state index contributed by atoms with van der Waals surface area (Å²) >= 11 is 0. The van der Waals surface area contributed by atoms with Crippen molar-refractivity contribution in [2.24, 2.45) is 0 Å². The summed E-state index contributed by atoms with van der Waals surface area (Å²) < 4.78 is 42.1. The van der Waals surface area contributed by atoms with E-state index in [1.165, 1.54) is 17.0 Å². The van der Waals surface area contributed by atoms with E-state index in [1.54, 1.807) is 0 Å². The molecule has 0 aromatic heterocycles. The highest BCUT2D eigenvalue weighted by Crippen LogP contribution is 2.32. The molecule has 6 heteroatoms. The van der Waals surface area contributed by atoms with Crippen LogP contribution in [0.1, 0.15) is 18.9 Å². The van der Waals surface area contributed by atoms with Gasteiger partial charge in [0.15, 0.2) is 0 Å². The van der Waals surface area contributed by atoms with Gasteiger partial charge in [-0.2, -0.15) is 13.2 Å².